The fourth-order valence-electron chi connectivity index (χ4n) is 7.47. The second-order valence-corrected chi connectivity index (χ2v) is 11.6. The van der Waals surface area contributed by atoms with Crippen LogP contribution in [0.5, 0.6) is 0 Å². The minimum Gasteiger partial charge on any atom is -0.452 e. The Labute approximate surface area is 255 Å². The molecular formula is C37H32N2O5. The van der Waals surface area contributed by atoms with E-state index < -0.39 is 30.3 Å². The highest BCUT2D eigenvalue weighted by Crippen LogP contribution is 2.61. The normalized spacial score (nSPS) is 21.0. The number of nitrogens with one attached hydrogen (secondary N) is 1. The third-order valence-electron chi connectivity index (χ3n) is 9.41. The number of hydrogen-bond donors (Lipinski definition) is 1. The number of nitrogens with zero attached hydrogens (tertiary/aromatic N) is 1. The summed E-state index contributed by atoms with van der Waals surface area (Å²) in [7, 11) is 0. The van der Waals surface area contributed by atoms with Crippen molar-refractivity contribution in [3.63, 3.8) is 0 Å². The van der Waals surface area contributed by atoms with Gasteiger partial charge in [-0.3, -0.25) is 14.4 Å². The lowest BCUT2D eigenvalue weighted by molar-refractivity contribution is -0.122. The highest BCUT2D eigenvalue weighted by molar-refractivity contribution is 6.23. The third-order valence-corrected chi connectivity index (χ3v) is 9.41. The Morgan fingerprint density at radius 2 is 1.16 bits per heavy atom. The standard InChI is InChI=1S/C37H32N2O5/c1-3-21-10-9-11-22(4-2)34(21)38-29(40)20-44-37(43)23-16-18-24(19-17-23)39-35(41)32-30-25-12-5-6-13-26(25)31(33(32)36(39)42)28-15-8-7-14-27(28)30/h5-19,30-33H,3-4,20H2,1-2H3,(H,38,40)/t30?,31?,32-,33-/m0/s1. The van der Waals surface area contributed by atoms with Gasteiger partial charge < -0.3 is 10.1 Å². The molecule has 44 heavy (non-hydrogen) atoms. The number of anilines is 2. The van der Waals surface area contributed by atoms with Crippen LogP contribution >= 0.6 is 0 Å². The van der Waals surface area contributed by atoms with E-state index in [9.17, 15) is 19.2 Å². The molecule has 1 heterocycles. The van der Waals surface area contributed by atoms with E-state index >= 15 is 0 Å². The summed E-state index contributed by atoms with van der Waals surface area (Å²) in [6, 6.07) is 28.4. The molecule has 0 spiro atoms. The highest BCUT2D eigenvalue weighted by Gasteiger charge is 2.61. The Bertz CT molecular complexity index is 1690. The summed E-state index contributed by atoms with van der Waals surface area (Å²) in [5.74, 6) is -2.84. The number of benzene rings is 4. The van der Waals surface area contributed by atoms with E-state index in [0.29, 0.717) is 5.69 Å². The number of para-hydroxylation sites is 1. The zero-order valence-corrected chi connectivity index (χ0v) is 24.6. The molecule has 3 amide bonds. The van der Waals surface area contributed by atoms with Crippen LogP contribution in [0.25, 0.3) is 0 Å². The summed E-state index contributed by atoms with van der Waals surface area (Å²) in [5, 5.41) is 2.90. The molecule has 1 N–H and O–H groups in total. The number of rotatable bonds is 7. The highest BCUT2D eigenvalue weighted by atomic mass is 16.5. The average molecular weight is 585 g/mol. The lowest BCUT2D eigenvalue weighted by atomic mass is 9.55. The summed E-state index contributed by atoms with van der Waals surface area (Å²) in [5.41, 5.74) is 7.91. The molecule has 220 valence electrons. The van der Waals surface area contributed by atoms with Crippen molar-refractivity contribution in [3.05, 3.63) is 130 Å². The summed E-state index contributed by atoms with van der Waals surface area (Å²) in [6.07, 6.45) is 1.53. The fourth-order valence-corrected chi connectivity index (χ4v) is 7.47. The Morgan fingerprint density at radius 1 is 0.682 bits per heavy atom. The number of imide groups is 1. The Kier molecular flexibility index (Phi) is 6.88. The van der Waals surface area contributed by atoms with Crippen molar-refractivity contribution in [2.45, 2.75) is 38.5 Å². The summed E-state index contributed by atoms with van der Waals surface area (Å²) in [6.45, 7) is 3.61. The summed E-state index contributed by atoms with van der Waals surface area (Å²) >= 11 is 0. The molecular weight excluding hydrogens is 552 g/mol. The zero-order chi connectivity index (χ0) is 30.5. The number of hydrogen-bond acceptors (Lipinski definition) is 5. The van der Waals surface area contributed by atoms with E-state index in [1.54, 1.807) is 12.1 Å². The zero-order valence-electron chi connectivity index (χ0n) is 24.6. The Morgan fingerprint density at radius 3 is 1.61 bits per heavy atom. The minimum atomic E-state index is -0.664. The molecule has 8 rings (SSSR count). The predicted octanol–water partition coefficient (Wildman–Crippen LogP) is 6.00. The van der Waals surface area contributed by atoms with Crippen molar-refractivity contribution in [1.82, 2.24) is 0 Å². The molecule has 1 saturated heterocycles. The fraction of sp³-hybridized carbons (Fsp3) is 0.243. The molecule has 7 heteroatoms. The van der Waals surface area contributed by atoms with Gasteiger partial charge >= 0.3 is 5.97 Å². The van der Waals surface area contributed by atoms with Crippen LogP contribution in [0.15, 0.2) is 91.0 Å². The monoisotopic (exact) mass is 584 g/mol. The van der Waals surface area contributed by atoms with Gasteiger partial charge in [0.25, 0.3) is 5.91 Å². The van der Waals surface area contributed by atoms with Gasteiger partial charge in [-0.05, 0) is 70.5 Å². The minimum absolute atomic E-state index is 0.183. The van der Waals surface area contributed by atoms with Gasteiger partial charge in [-0.15, -0.1) is 0 Å². The molecule has 2 atom stereocenters. The summed E-state index contributed by atoms with van der Waals surface area (Å²) in [4.78, 5) is 54.7. The molecule has 7 nitrogen and oxygen atoms in total. The molecule has 1 fully saturated rings. The van der Waals surface area contributed by atoms with Crippen LogP contribution in [0.3, 0.4) is 0 Å². The molecule has 0 saturated carbocycles. The topological polar surface area (TPSA) is 92.8 Å². The number of ether oxygens (including phenoxy) is 1. The van der Waals surface area contributed by atoms with E-state index in [-0.39, 0.29) is 29.2 Å². The van der Waals surface area contributed by atoms with Crippen molar-refractivity contribution < 1.29 is 23.9 Å². The van der Waals surface area contributed by atoms with Crippen LogP contribution in [-0.2, 0) is 32.0 Å². The first-order chi connectivity index (χ1) is 21.4. The first-order valence-electron chi connectivity index (χ1n) is 15.2. The first kappa shape index (κ1) is 27.8. The van der Waals surface area contributed by atoms with Gasteiger partial charge in [0.2, 0.25) is 11.8 Å². The van der Waals surface area contributed by atoms with E-state index in [1.165, 1.54) is 17.0 Å². The Balaban J connectivity index is 1.08. The molecule has 3 aliphatic carbocycles. The van der Waals surface area contributed by atoms with Crippen LogP contribution in [-0.4, -0.2) is 30.3 Å². The van der Waals surface area contributed by atoms with Gasteiger partial charge in [0.15, 0.2) is 6.61 Å². The van der Waals surface area contributed by atoms with E-state index in [0.717, 1.165) is 51.9 Å². The molecule has 0 aromatic heterocycles. The largest absolute Gasteiger partial charge is 0.452 e. The first-order valence-corrected chi connectivity index (χ1v) is 15.2. The molecule has 4 aliphatic rings. The summed E-state index contributed by atoms with van der Waals surface area (Å²) < 4.78 is 5.30. The SMILES string of the molecule is CCc1cccc(CC)c1NC(=O)COC(=O)c1ccc(N2C(=O)[C@H]3C4c5ccccc5C(c5ccccc54)[C@@H]3C2=O)cc1. The molecule has 0 radical (unpaired) electrons. The van der Waals surface area contributed by atoms with Gasteiger partial charge in [0.05, 0.1) is 23.1 Å². The number of amides is 3. The van der Waals surface area contributed by atoms with E-state index in [2.05, 4.69) is 29.6 Å². The maximum atomic E-state index is 14.0. The Hall–Kier alpha value is -5.04. The number of aryl methyl sites for hydroxylation is 2. The smallest absolute Gasteiger partial charge is 0.338 e. The predicted molar refractivity (Wildman–Crippen MR) is 167 cm³/mol. The van der Waals surface area contributed by atoms with Gasteiger partial charge in [0, 0.05) is 17.5 Å². The van der Waals surface area contributed by atoms with Gasteiger partial charge in [-0.2, -0.15) is 0 Å². The molecule has 4 aromatic carbocycles. The average Bonchev–Trinajstić information content (AvgIpc) is 3.33. The second kappa shape index (κ2) is 10.9. The molecule has 2 bridgehead atoms. The molecule has 4 aromatic rings. The van der Waals surface area contributed by atoms with E-state index in [4.69, 9.17) is 4.74 Å². The molecule has 1 aliphatic heterocycles. The number of esters is 1. The third kappa shape index (κ3) is 4.26. The molecule has 0 unspecified atom stereocenters. The van der Waals surface area contributed by atoms with E-state index in [1.807, 2.05) is 56.3 Å². The van der Waals surface area contributed by atoms with Gasteiger partial charge in [-0.25, -0.2) is 9.69 Å². The van der Waals surface area contributed by atoms with Crippen LogP contribution < -0.4 is 10.2 Å². The van der Waals surface area contributed by atoms with Gasteiger partial charge in [0.1, 0.15) is 0 Å². The lowest BCUT2D eigenvalue weighted by Gasteiger charge is -2.45. The van der Waals surface area contributed by atoms with Crippen molar-refractivity contribution in [2.24, 2.45) is 11.8 Å². The number of carbonyl (C=O) groups is 4. The van der Waals surface area contributed by atoms with Crippen molar-refractivity contribution in [3.8, 4) is 0 Å². The van der Waals surface area contributed by atoms with Crippen LogP contribution in [0.4, 0.5) is 11.4 Å². The van der Waals surface area contributed by atoms with Crippen molar-refractivity contribution in [2.75, 3.05) is 16.8 Å². The second-order valence-electron chi connectivity index (χ2n) is 11.6. The number of carbonyl (C=O) groups excluding carboxylic acids is 4. The van der Waals surface area contributed by atoms with Gasteiger partial charge in [-0.1, -0.05) is 80.6 Å². The van der Waals surface area contributed by atoms with Crippen LogP contribution in [0.2, 0.25) is 0 Å². The van der Waals surface area contributed by atoms with Crippen molar-refractivity contribution >= 4 is 35.1 Å². The maximum Gasteiger partial charge on any atom is 0.338 e. The maximum absolute atomic E-state index is 14.0. The van der Waals surface area contributed by atoms with Crippen molar-refractivity contribution in [1.29, 1.82) is 0 Å². The lowest BCUT2D eigenvalue weighted by Crippen LogP contribution is -2.41. The van der Waals surface area contributed by atoms with Crippen LogP contribution in [0.1, 0.15) is 69.4 Å². The van der Waals surface area contributed by atoms with Crippen LogP contribution in [0, 0.1) is 11.8 Å². The quantitative estimate of drug-likeness (QED) is 0.212.